The molecule has 0 atom stereocenters. The molecule has 8 heteroatoms. The summed E-state index contributed by atoms with van der Waals surface area (Å²) in [5.41, 5.74) is 0.243. The highest BCUT2D eigenvalue weighted by Gasteiger charge is 2.13. The lowest BCUT2D eigenvalue weighted by atomic mass is 10.1. The molecule has 0 aromatic heterocycles. The third-order valence-corrected chi connectivity index (χ3v) is 4.43. The summed E-state index contributed by atoms with van der Waals surface area (Å²) < 4.78 is 11.7. The van der Waals surface area contributed by atoms with Crippen molar-refractivity contribution in [3.63, 3.8) is 0 Å². The Kier molecular flexibility index (Phi) is 6.86. The Balaban J connectivity index is 2.29. The average molecular weight is 438 g/mol. The quantitative estimate of drug-likeness (QED) is 0.545. The van der Waals surface area contributed by atoms with Gasteiger partial charge >= 0.3 is 0 Å². The summed E-state index contributed by atoms with van der Waals surface area (Å²) in [5, 5.41) is 28.1. The van der Waals surface area contributed by atoms with Crippen LogP contribution in [0.15, 0.2) is 60.7 Å². The van der Waals surface area contributed by atoms with Crippen LogP contribution in [0.2, 0.25) is 0 Å². The second-order valence-corrected chi connectivity index (χ2v) is 6.43. The van der Waals surface area contributed by atoms with Gasteiger partial charge < -0.3 is 9.47 Å². The van der Waals surface area contributed by atoms with Gasteiger partial charge in [-0.2, -0.15) is 5.26 Å². The van der Waals surface area contributed by atoms with Crippen LogP contribution in [-0.2, 0) is 0 Å². The first-order valence-corrected chi connectivity index (χ1v) is 9.38. The molecule has 0 spiro atoms. The Morgan fingerprint density at radius 3 is 1.47 bits per heavy atom. The molecule has 0 radical (unpaired) electrons. The Hall–Kier alpha value is -6.06. The molecule has 3 rings (SSSR count). The molecule has 0 heterocycles. The third kappa shape index (κ3) is 4.81. The summed E-state index contributed by atoms with van der Waals surface area (Å²) in [6, 6.07) is 20.7. The zero-order valence-corrected chi connectivity index (χ0v) is 17.3. The van der Waals surface area contributed by atoms with E-state index in [1.165, 1.54) is 24.3 Å². The van der Waals surface area contributed by atoms with E-state index in [0.717, 1.165) is 0 Å². The summed E-state index contributed by atoms with van der Waals surface area (Å²) in [6.45, 7) is 21.8. The van der Waals surface area contributed by atoms with Gasteiger partial charge in [0.1, 0.15) is 23.0 Å². The number of ether oxygens (including phenoxy) is 2. The molecular formula is C26H10N6O2. The zero-order valence-electron chi connectivity index (χ0n) is 17.3. The van der Waals surface area contributed by atoms with Crippen LogP contribution in [0.25, 0.3) is 25.9 Å². The minimum Gasteiger partial charge on any atom is -0.458 e. The number of hydrogen-bond acceptors (Lipinski definition) is 5. The van der Waals surface area contributed by atoms with E-state index < -0.39 is 0 Å². The standard InChI is InChI=1S/C26H10N6O2/c1-30-18-6-10-20(11-7-18)34-26-13-21(23(15-28)31-2)25(12-22(26)24(16-29)32-3)33-19-8-4-17(14-27)5-9-19/h4-13H. The van der Waals surface area contributed by atoms with Crippen molar-refractivity contribution in [1.29, 1.82) is 15.8 Å². The predicted octanol–water partition coefficient (Wildman–Crippen LogP) is 4.80. The van der Waals surface area contributed by atoms with Crippen molar-refractivity contribution in [2.45, 2.75) is 0 Å². The molecule has 0 aliphatic rings. The number of benzene rings is 3. The van der Waals surface area contributed by atoms with Crippen LogP contribution in [0.3, 0.4) is 0 Å². The number of hydrogen-bond donors (Lipinski definition) is 0. The minimum absolute atomic E-state index is 0.0550. The maximum atomic E-state index is 9.48. The van der Waals surface area contributed by atoms with Crippen LogP contribution in [0.4, 0.5) is 5.69 Å². The normalized spacial score (nSPS) is 11.1. The van der Waals surface area contributed by atoms with E-state index in [1.807, 2.05) is 18.2 Å². The molecule has 3 aromatic carbocycles. The Bertz CT molecular complexity index is 1490. The zero-order chi connectivity index (χ0) is 24.5. The molecule has 0 amide bonds. The van der Waals surface area contributed by atoms with Crippen molar-refractivity contribution < 1.29 is 9.47 Å². The van der Waals surface area contributed by atoms with Gasteiger partial charge in [0.25, 0.3) is 11.4 Å². The topological polar surface area (TPSA) is 103 Å². The maximum Gasteiger partial charge on any atom is 0.272 e. The highest BCUT2D eigenvalue weighted by atomic mass is 16.5. The van der Waals surface area contributed by atoms with Gasteiger partial charge in [-0.3, -0.25) is 0 Å². The van der Waals surface area contributed by atoms with E-state index in [0.29, 0.717) is 22.7 Å². The van der Waals surface area contributed by atoms with Crippen LogP contribution in [-0.4, -0.2) is 0 Å². The van der Waals surface area contributed by atoms with Gasteiger partial charge in [0.15, 0.2) is 5.69 Å². The predicted molar refractivity (Wildman–Crippen MR) is 121 cm³/mol. The molecule has 0 fully saturated rings. The second kappa shape index (κ2) is 10.3. The van der Waals surface area contributed by atoms with Crippen LogP contribution >= 0.6 is 0 Å². The van der Waals surface area contributed by atoms with Crippen LogP contribution < -0.4 is 19.9 Å². The van der Waals surface area contributed by atoms with Crippen molar-refractivity contribution in [3.8, 4) is 41.2 Å². The Morgan fingerprint density at radius 1 is 0.676 bits per heavy atom. The van der Waals surface area contributed by atoms with E-state index in [1.54, 1.807) is 36.4 Å². The first kappa shape index (κ1) is 22.6. The molecule has 0 bridgehead atoms. The first-order chi connectivity index (χ1) is 16.6. The van der Waals surface area contributed by atoms with E-state index in [4.69, 9.17) is 34.5 Å². The molecule has 0 N–H and O–H groups in total. The van der Waals surface area contributed by atoms with Crippen molar-refractivity contribution in [2.24, 2.45) is 0 Å². The van der Waals surface area contributed by atoms with Gasteiger partial charge in [-0.15, -0.1) is 0 Å². The molecule has 0 saturated heterocycles. The lowest BCUT2D eigenvalue weighted by Gasteiger charge is -2.12. The smallest absolute Gasteiger partial charge is 0.272 e. The summed E-state index contributed by atoms with van der Waals surface area (Å²) in [7, 11) is 0. The molecule has 34 heavy (non-hydrogen) atoms. The van der Waals surface area contributed by atoms with Crippen LogP contribution in [0, 0.1) is 53.7 Å². The summed E-state index contributed by atoms with van der Waals surface area (Å²) in [6.07, 6.45) is 0. The molecule has 3 aromatic rings. The molecule has 0 aliphatic carbocycles. The lowest BCUT2D eigenvalue weighted by molar-refractivity contribution is 0.462. The first-order valence-electron chi connectivity index (χ1n) is 9.38. The SMILES string of the molecule is [C-]#[N+]C(C#N)=c1cc(Oc2ccc([N+]#[C-])cc2)c(=C(C#N)[N+]#[C-])cc1Oc1ccc(C#N)cc1. The van der Waals surface area contributed by atoms with Crippen molar-refractivity contribution in [2.75, 3.05) is 0 Å². The summed E-state index contributed by atoms with van der Waals surface area (Å²) in [4.78, 5) is 9.82. The van der Waals surface area contributed by atoms with Crippen LogP contribution in [0.1, 0.15) is 5.56 Å². The molecule has 8 nitrogen and oxygen atoms in total. The highest BCUT2D eigenvalue weighted by molar-refractivity contribution is 5.72. The number of nitrogens with zero attached hydrogens (tertiary/aromatic N) is 6. The molecule has 0 saturated carbocycles. The largest absolute Gasteiger partial charge is 0.458 e. The van der Waals surface area contributed by atoms with E-state index in [9.17, 15) is 10.5 Å². The van der Waals surface area contributed by atoms with Gasteiger partial charge in [0.05, 0.1) is 43.5 Å². The fourth-order valence-electron chi connectivity index (χ4n) is 2.83. The average Bonchev–Trinajstić information content (AvgIpc) is 2.88. The van der Waals surface area contributed by atoms with Crippen molar-refractivity contribution in [1.82, 2.24) is 0 Å². The molecule has 156 valence electrons. The van der Waals surface area contributed by atoms with E-state index in [2.05, 4.69) is 14.5 Å². The van der Waals surface area contributed by atoms with Gasteiger partial charge in [-0.25, -0.2) is 25.1 Å². The van der Waals surface area contributed by atoms with Crippen LogP contribution in [0.5, 0.6) is 23.0 Å². The molecule has 0 unspecified atom stereocenters. The number of nitriles is 3. The van der Waals surface area contributed by atoms with Crippen molar-refractivity contribution >= 4 is 17.1 Å². The fourth-order valence-corrected chi connectivity index (χ4v) is 2.83. The molecule has 0 aliphatic heterocycles. The number of rotatable bonds is 4. The van der Waals surface area contributed by atoms with Gasteiger partial charge in [-0.05, 0) is 48.5 Å². The monoisotopic (exact) mass is 438 g/mol. The highest BCUT2D eigenvalue weighted by Crippen LogP contribution is 2.25. The summed E-state index contributed by atoms with van der Waals surface area (Å²) >= 11 is 0. The van der Waals surface area contributed by atoms with Gasteiger partial charge in [-0.1, -0.05) is 12.1 Å². The Morgan fingerprint density at radius 2 is 1.12 bits per heavy atom. The van der Waals surface area contributed by atoms with Gasteiger partial charge in [0.2, 0.25) is 0 Å². The van der Waals surface area contributed by atoms with E-state index >= 15 is 0 Å². The van der Waals surface area contributed by atoms with E-state index in [-0.39, 0.29) is 33.3 Å². The Labute approximate surface area is 194 Å². The van der Waals surface area contributed by atoms with Gasteiger partial charge in [0, 0.05) is 10.4 Å². The lowest BCUT2D eigenvalue weighted by Crippen LogP contribution is -2.17. The minimum atomic E-state index is -0.287. The molecular weight excluding hydrogens is 428 g/mol. The maximum absolute atomic E-state index is 9.48. The fraction of sp³-hybridized carbons (Fsp3) is 0. The van der Waals surface area contributed by atoms with Crippen molar-refractivity contribution in [3.05, 3.63) is 111 Å². The third-order valence-electron chi connectivity index (χ3n) is 4.43. The second-order valence-electron chi connectivity index (χ2n) is 6.43. The summed E-state index contributed by atoms with van der Waals surface area (Å²) in [5.74, 6) is 0.753.